The Morgan fingerprint density at radius 1 is 0.947 bits per heavy atom. The molecule has 0 amide bonds. The molecule has 1 aliphatic heterocycles. The lowest BCUT2D eigenvalue weighted by Crippen LogP contribution is -2.29. The topological polar surface area (TPSA) is 95.1 Å². The Morgan fingerprint density at radius 2 is 1.66 bits per heavy atom. The smallest absolute Gasteiger partial charge is 0.203 e. The Kier molecular flexibility index (Phi) is 8.79. The van der Waals surface area contributed by atoms with Crippen LogP contribution in [-0.2, 0) is 19.2 Å². The van der Waals surface area contributed by atoms with Crippen LogP contribution in [0.2, 0.25) is 0 Å². The van der Waals surface area contributed by atoms with Crippen LogP contribution < -0.4 is 20.1 Å². The van der Waals surface area contributed by atoms with Crippen molar-refractivity contribution in [2.75, 3.05) is 37.3 Å². The molecule has 0 saturated heterocycles. The second kappa shape index (κ2) is 11.9. The van der Waals surface area contributed by atoms with Gasteiger partial charge in [-0.2, -0.15) is 4.33 Å². The van der Waals surface area contributed by atoms with E-state index in [1.807, 2.05) is 24.3 Å². The molecule has 0 spiro atoms. The monoisotopic (exact) mass is 556 g/mol. The van der Waals surface area contributed by atoms with E-state index in [9.17, 15) is 13.7 Å². The van der Waals surface area contributed by atoms with E-state index in [4.69, 9.17) is 4.42 Å². The van der Waals surface area contributed by atoms with Gasteiger partial charge in [-0.1, -0.05) is 6.07 Å². The number of hydrogen-bond donors (Lipinski definition) is 0. The summed E-state index contributed by atoms with van der Waals surface area (Å²) in [6.07, 6.45) is 1.14. The van der Waals surface area contributed by atoms with Crippen molar-refractivity contribution in [3.63, 3.8) is 0 Å². The third-order valence-corrected chi connectivity index (χ3v) is 8.50. The molecule has 1 heterocycles. The van der Waals surface area contributed by atoms with Crippen LogP contribution in [-0.4, -0.2) is 40.9 Å². The molecule has 202 valence electrons. The van der Waals surface area contributed by atoms with E-state index in [2.05, 4.69) is 58.7 Å². The SMILES string of the molecule is CCN(CC)c1ccc2c(-c3ccc(S(C)(=O)=O)cc3SOO[O-])c3ccc(=[N+](CC)CC)cc-3oc2c1. The number of fused-ring (bicyclic) bond motifs is 2. The van der Waals surface area contributed by atoms with Crippen molar-refractivity contribution in [2.45, 2.75) is 37.5 Å². The summed E-state index contributed by atoms with van der Waals surface area (Å²) in [6.45, 7) is 11.9. The number of rotatable bonds is 10. The van der Waals surface area contributed by atoms with Gasteiger partial charge in [0, 0.05) is 58.6 Å². The molecule has 0 atom stereocenters. The molecule has 10 heteroatoms. The zero-order valence-corrected chi connectivity index (χ0v) is 23.8. The Morgan fingerprint density at radius 3 is 2.29 bits per heavy atom. The summed E-state index contributed by atoms with van der Waals surface area (Å²) in [5.74, 6) is 0.692. The molecule has 1 aliphatic carbocycles. The van der Waals surface area contributed by atoms with Crippen molar-refractivity contribution in [3.05, 3.63) is 60.0 Å². The minimum absolute atomic E-state index is 0.111. The van der Waals surface area contributed by atoms with Crippen molar-refractivity contribution in [3.8, 4) is 22.5 Å². The quantitative estimate of drug-likeness (QED) is 0.0927. The maximum Gasteiger partial charge on any atom is 0.203 e. The number of nitrogens with zero attached hydrogens (tertiary/aromatic N) is 2. The second-order valence-electron chi connectivity index (χ2n) is 8.83. The fourth-order valence-corrected chi connectivity index (χ4v) is 6.05. The molecule has 0 bridgehead atoms. The summed E-state index contributed by atoms with van der Waals surface area (Å²) in [4.78, 5) is 2.78. The standard InChI is InChI=1S/C28H32N2O6S2/c1-6-29(7-2)19-10-13-22-25(16-19)34-26-17-20(30(8-3)9-4)11-14-23(26)28(22)24-15-12-21(38(5,32)33)18-27(24)37-36-35-31/h10-18H,6-9H2,1-5H3. The van der Waals surface area contributed by atoms with Gasteiger partial charge in [0.2, 0.25) is 5.36 Å². The first kappa shape index (κ1) is 28.1. The molecule has 2 aliphatic rings. The van der Waals surface area contributed by atoms with E-state index in [1.54, 1.807) is 12.1 Å². The van der Waals surface area contributed by atoms with Crippen molar-refractivity contribution < 1.29 is 27.5 Å². The summed E-state index contributed by atoms with van der Waals surface area (Å²) in [5.41, 5.74) is 4.12. The van der Waals surface area contributed by atoms with Crippen LogP contribution in [0, 0.1) is 0 Å². The Bertz CT molecular complexity index is 1590. The number of anilines is 1. The Balaban J connectivity index is 2.11. The molecule has 0 unspecified atom stereocenters. The van der Waals surface area contributed by atoms with Crippen LogP contribution in [0.15, 0.2) is 68.8 Å². The van der Waals surface area contributed by atoms with E-state index >= 15 is 0 Å². The number of benzene rings is 3. The van der Waals surface area contributed by atoms with Gasteiger partial charge >= 0.3 is 0 Å². The first-order valence-electron chi connectivity index (χ1n) is 12.6. The van der Waals surface area contributed by atoms with Gasteiger partial charge < -0.3 is 14.6 Å². The average molecular weight is 557 g/mol. The lowest BCUT2D eigenvalue weighted by molar-refractivity contribution is -0.777. The Labute approximate surface area is 227 Å². The van der Waals surface area contributed by atoms with Gasteiger partial charge in [0.1, 0.15) is 24.4 Å². The molecule has 4 rings (SSSR count). The molecular weight excluding hydrogens is 524 g/mol. The van der Waals surface area contributed by atoms with Crippen LogP contribution in [0.5, 0.6) is 0 Å². The molecule has 0 aromatic heterocycles. The van der Waals surface area contributed by atoms with Crippen LogP contribution >= 0.6 is 12.0 Å². The van der Waals surface area contributed by atoms with Crippen molar-refractivity contribution in [2.24, 2.45) is 0 Å². The largest absolute Gasteiger partial charge is 0.691 e. The predicted octanol–water partition coefficient (Wildman–Crippen LogP) is 4.50. The molecule has 0 N–H and O–H groups in total. The van der Waals surface area contributed by atoms with Gasteiger partial charge in [-0.05, 0) is 63.6 Å². The van der Waals surface area contributed by atoms with E-state index in [1.165, 1.54) is 6.07 Å². The van der Waals surface area contributed by atoms with E-state index in [-0.39, 0.29) is 4.90 Å². The average Bonchev–Trinajstić information content (AvgIpc) is 2.91. The maximum absolute atomic E-state index is 12.3. The van der Waals surface area contributed by atoms with Gasteiger partial charge in [0.15, 0.2) is 9.84 Å². The zero-order valence-electron chi connectivity index (χ0n) is 22.2. The van der Waals surface area contributed by atoms with Crippen LogP contribution in [0.4, 0.5) is 5.69 Å². The molecular formula is C28H32N2O6S2. The summed E-state index contributed by atoms with van der Waals surface area (Å²) < 4.78 is 38.0. The summed E-state index contributed by atoms with van der Waals surface area (Å²) >= 11 is 0.674. The molecule has 2 aromatic rings. The van der Waals surface area contributed by atoms with Crippen molar-refractivity contribution >= 4 is 38.5 Å². The summed E-state index contributed by atoms with van der Waals surface area (Å²) in [5, 5.41) is 16.2. The molecule has 0 fully saturated rings. The first-order chi connectivity index (χ1) is 18.2. The van der Waals surface area contributed by atoms with E-state index in [0.717, 1.165) is 60.0 Å². The van der Waals surface area contributed by atoms with Gasteiger partial charge in [0.05, 0.1) is 23.0 Å². The van der Waals surface area contributed by atoms with Gasteiger partial charge in [0.25, 0.3) is 0 Å². The fraction of sp³-hybridized carbons (Fsp3) is 0.321. The molecule has 2 aromatic carbocycles. The molecule has 38 heavy (non-hydrogen) atoms. The first-order valence-corrected chi connectivity index (χ1v) is 15.2. The Hall–Kier alpha value is -2.89. The highest BCUT2D eigenvalue weighted by molar-refractivity contribution is 7.94. The van der Waals surface area contributed by atoms with E-state index < -0.39 is 9.84 Å². The van der Waals surface area contributed by atoms with Crippen LogP contribution in [0.25, 0.3) is 33.4 Å². The van der Waals surface area contributed by atoms with Crippen molar-refractivity contribution in [1.29, 1.82) is 0 Å². The molecule has 8 nitrogen and oxygen atoms in total. The number of sulfone groups is 1. The minimum atomic E-state index is -3.49. The highest BCUT2D eigenvalue weighted by atomic mass is 32.2. The minimum Gasteiger partial charge on any atom is -0.691 e. The van der Waals surface area contributed by atoms with Crippen LogP contribution in [0.3, 0.4) is 0 Å². The number of hydrogen-bond acceptors (Lipinski definition) is 8. The van der Waals surface area contributed by atoms with E-state index in [0.29, 0.717) is 33.8 Å². The highest BCUT2D eigenvalue weighted by Gasteiger charge is 2.23. The van der Waals surface area contributed by atoms with Crippen molar-refractivity contribution in [1.82, 2.24) is 4.58 Å². The van der Waals surface area contributed by atoms with Gasteiger partial charge in [-0.15, -0.1) is 0 Å². The normalized spacial score (nSPS) is 11.8. The molecule has 0 radical (unpaired) electrons. The lowest BCUT2D eigenvalue weighted by atomic mass is 9.93. The fourth-order valence-electron chi connectivity index (χ4n) is 4.79. The lowest BCUT2D eigenvalue weighted by Gasteiger charge is -2.23. The highest BCUT2D eigenvalue weighted by Crippen LogP contribution is 2.44. The van der Waals surface area contributed by atoms with Gasteiger partial charge in [-0.25, -0.2) is 13.0 Å². The zero-order chi connectivity index (χ0) is 27.4. The predicted molar refractivity (Wildman–Crippen MR) is 149 cm³/mol. The summed E-state index contributed by atoms with van der Waals surface area (Å²) in [6, 6.07) is 17.0. The molecule has 0 saturated carbocycles. The maximum atomic E-state index is 12.3. The third-order valence-electron chi connectivity index (χ3n) is 6.75. The second-order valence-corrected chi connectivity index (χ2v) is 11.6. The summed E-state index contributed by atoms with van der Waals surface area (Å²) in [7, 11) is -3.49. The third kappa shape index (κ3) is 5.60. The van der Waals surface area contributed by atoms with Crippen LogP contribution in [0.1, 0.15) is 27.7 Å². The van der Waals surface area contributed by atoms with Gasteiger partial charge in [-0.3, -0.25) is 5.04 Å².